The summed E-state index contributed by atoms with van der Waals surface area (Å²) in [7, 11) is 0. The van der Waals surface area contributed by atoms with Gasteiger partial charge in [0.25, 0.3) is 0 Å². The van der Waals surface area contributed by atoms with Gasteiger partial charge in [-0.05, 0) is 0 Å². The summed E-state index contributed by atoms with van der Waals surface area (Å²) in [4.78, 5) is 8.25. The Labute approximate surface area is 71.4 Å². The van der Waals surface area contributed by atoms with E-state index in [4.69, 9.17) is 15.3 Å². The summed E-state index contributed by atoms with van der Waals surface area (Å²) in [6.45, 7) is 0. The van der Waals surface area contributed by atoms with E-state index in [2.05, 4.69) is 0 Å². The maximum absolute atomic E-state index is 8.25. The molecule has 0 aromatic heterocycles. The second-order valence-electron chi connectivity index (χ2n) is 0.224. The Bertz CT molecular complexity index is 32.2. The van der Waals surface area contributed by atoms with Gasteiger partial charge < -0.3 is 42.7 Å². The van der Waals surface area contributed by atoms with Crippen molar-refractivity contribution in [3.63, 3.8) is 0 Å². The first kappa shape index (κ1) is 98.1. The minimum atomic E-state index is -1.75. The Morgan fingerprint density at radius 2 is 0.800 bits per heavy atom. The molecule has 0 aromatic carbocycles. The molecule has 0 unspecified atom stereocenters. The Balaban J connectivity index is -0.00000000300. The van der Waals surface area contributed by atoms with Crippen molar-refractivity contribution in [2.45, 2.75) is 0 Å². The van der Waals surface area contributed by atoms with Crippen molar-refractivity contribution in [2.24, 2.45) is 0 Å². The van der Waals surface area contributed by atoms with Gasteiger partial charge in [0, 0.05) is 0 Å². The molecule has 10 heteroatoms. The number of rotatable bonds is 0. The van der Waals surface area contributed by atoms with E-state index in [-0.39, 0.29) is 50.4 Å². The Hall–Kier alpha value is -0.234. The van der Waals surface area contributed by atoms with E-state index >= 15 is 0 Å². The summed E-state index contributed by atoms with van der Waals surface area (Å²) < 4.78 is 0. The smallest absolute Gasteiger partial charge is 0.412 e. The van der Waals surface area contributed by atoms with E-state index in [1.807, 2.05) is 0 Å². The van der Waals surface area contributed by atoms with Gasteiger partial charge in [0.1, 0.15) is 0 Å². The van der Waals surface area contributed by atoms with Gasteiger partial charge in [-0.3, -0.25) is 0 Å². The summed E-state index contributed by atoms with van der Waals surface area (Å²) in [6, 6.07) is 0. The first-order valence-electron chi connectivity index (χ1n) is 0.548. The molecule has 10 N–H and O–H groups in total. The molecule has 0 aliphatic heterocycles. The fourth-order valence-corrected chi connectivity index (χ4v) is 0. The molecule has 0 heterocycles. The molecule has 0 atom stereocenters. The van der Waals surface area contributed by atoms with Crippen LogP contribution in [0.1, 0.15) is 0 Å². The molecule has 0 aromatic rings. The topological polar surface area (TPSA) is 224 Å². The second-order valence-corrected chi connectivity index (χ2v) is 0.224. The summed E-state index contributed by atoms with van der Waals surface area (Å²) in [6.07, 6.45) is 0. The van der Waals surface area contributed by atoms with Crippen molar-refractivity contribution < 1.29 is 32.5 Å². The fraction of sp³-hybridized carbons (Fsp3) is 0. The molecule has 0 radical (unpaired) electrons. The van der Waals surface area contributed by atoms with Crippen molar-refractivity contribution in [2.75, 3.05) is 0 Å². The average Bonchev–Trinajstić information content (AvgIpc) is 0.811. The summed E-state index contributed by atoms with van der Waals surface area (Å²) >= 11 is 0. The van der Waals surface area contributed by atoms with Crippen LogP contribution in [0.15, 0.2) is 0 Å². The molecule has 0 saturated heterocycles. The van der Waals surface area contributed by atoms with Crippen LogP contribution in [0, 0.1) is 15.3 Å². The van der Waals surface area contributed by atoms with Crippen LogP contribution in [0.5, 0.6) is 0 Å². The SMILES string of the molecule is O.O.O.O.O.O=[N+]([O-])[O-].[Mg+2]. The molecule has 0 amide bonds. The van der Waals surface area contributed by atoms with Crippen molar-refractivity contribution in [1.82, 2.24) is 0 Å². The Morgan fingerprint density at radius 3 is 0.800 bits per heavy atom. The van der Waals surface area contributed by atoms with Gasteiger partial charge in [-0.25, -0.2) is 0 Å². The molecular weight excluding hydrogens is 166 g/mol. The van der Waals surface area contributed by atoms with Crippen molar-refractivity contribution >= 4 is 23.1 Å². The molecule has 10 heavy (non-hydrogen) atoms. The van der Waals surface area contributed by atoms with Crippen LogP contribution in [0.3, 0.4) is 0 Å². The number of hydrogen-bond donors (Lipinski definition) is 0. The van der Waals surface area contributed by atoms with Crippen LogP contribution >= 0.6 is 0 Å². The monoisotopic (exact) mass is 176 g/mol. The Morgan fingerprint density at radius 1 is 0.800 bits per heavy atom. The van der Waals surface area contributed by atoms with Gasteiger partial charge in [0.05, 0.1) is 5.09 Å². The van der Waals surface area contributed by atoms with E-state index in [0.717, 1.165) is 0 Å². The maximum Gasteiger partial charge on any atom is 2.00 e. The minimum Gasteiger partial charge on any atom is -0.412 e. The van der Waals surface area contributed by atoms with E-state index in [0.29, 0.717) is 0 Å². The Kier molecular flexibility index (Phi) is 678. The van der Waals surface area contributed by atoms with Gasteiger partial charge in [-0.15, -0.1) is 0 Å². The minimum absolute atomic E-state index is 0. The maximum atomic E-state index is 8.25. The zero-order valence-corrected chi connectivity index (χ0v) is 6.29. The molecule has 0 aliphatic carbocycles. The standard InChI is InChI=1S/Mg.NO3.5H2O/c;2-1(3)4;;;;;/h;;5*1H2/q+2;-1;;;;;. The number of nitrogens with zero attached hydrogens (tertiary/aromatic N) is 1. The van der Waals surface area contributed by atoms with Crippen molar-refractivity contribution in [1.29, 1.82) is 0 Å². The molecule has 0 saturated carbocycles. The quantitative estimate of drug-likeness (QED) is 0.201. The predicted molar refractivity (Wildman–Crippen MR) is 34.2 cm³/mol. The second kappa shape index (κ2) is 69.1. The van der Waals surface area contributed by atoms with E-state index < -0.39 is 5.09 Å². The summed E-state index contributed by atoms with van der Waals surface area (Å²) in [5, 5.41) is 14.8. The average molecular weight is 176 g/mol. The first-order chi connectivity index (χ1) is 1.73. The molecule has 64 valence electrons. The van der Waals surface area contributed by atoms with Crippen LogP contribution in [-0.2, 0) is 0 Å². The summed E-state index contributed by atoms with van der Waals surface area (Å²) in [5.74, 6) is 0. The van der Waals surface area contributed by atoms with Crippen LogP contribution in [0.2, 0.25) is 0 Å². The van der Waals surface area contributed by atoms with Gasteiger partial charge in [-0.1, -0.05) is 0 Å². The molecule has 0 spiro atoms. The zero-order valence-electron chi connectivity index (χ0n) is 4.88. The number of hydrogen-bond acceptors (Lipinski definition) is 3. The van der Waals surface area contributed by atoms with E-state index in [1.165, 1.54) is 0 Å². The largest absolute Gasteiger partial charge is 2.00 e. The van der Waals surface area contributed by atoms with Gasteiger partial charge in [-0.2, -0.15) is 0 Å². The third kappa shape index (κ3) is 6510. The molecular formula is H10MgNO8+. The van der Waals surface area contributed by atoms with E-state index in [1.54, 1.807) is 0 Å². The van der Waals surface area contributed by atoms with Gasteiger partial charge in [0.2, 0.25) is 0 Å². The molecule has 9 nitrogen and oxygen atoms in total. The third-order valence-electron chi connectivity index (χ3n) is 0. The van der Waals surface area contributed by atoms with Gasteiger partial charge >= 0.3 is 23.1 Å². The predicted octanol–water partition coefficient (Wildman–Crippen LogP) is -4.74. The molecule has 0 aliphatic rings. The fourth-order valence-electron chi connectivity index (χ4n) is 0. The first-order valence-corrected chi connectivity index (χ1v) is 0.548. The molecule has 0 fully saturated rings. The van der Waals surface area contributed by atoms with Crippen LogP contribution in [0.4, 0.5) is 0 Å². The van der Waals surface area contributed by atoms with Crippen LogP contribution in [0.25, 0.3) is 0 Å². The summed E-state index contributed by atoms with van der Waals surface area (Å²) in [5.41, 5.74) is 0. The van der Waals surface area contributed by atoms with Crippen LogP contribution < -0.4 is 0 Å². The van der Waals surface area contributed by atoms with Crippen molar-refractivity contribution in [3.05, 3.63) is 15.3 Å². The third-order valence-corrected chi connectivity index (χ3v) is 0. The van der Waals surface area contributed by atoms with Crippen LogP contribution in [-0.4, -0.2) is 55.5 Å². The van der Waals surface area contributed by atoms with E-state index in [9.17, 15) is 0 Å². The van der Waals surface area contributed by atoms with Gasteiger partial charge in [0.15, 0.2) is 0 Å². The van der Waals surface area contributed by atoms with Crippen molar-refractivity contribution in [3.8, 4) is 0 Å². The zero-order chi connectivity index (χ0) is 3.58. The normalized spacial score (nSPS) is 2.40. The molecule has 0 rings (SSSR count). The molecule has 0 bridgehead atoms.